The van der Waals surface area contributed by atoms with Gasteiger partial charge in [-0.2, -0.15) is 0 Å². The van der Waals surface area contributed by atoms with E-state index in [0.717, 1.165) is 18.4 Å². The first-order chi connectivity index (χ1) is 17.0. The van der Waals surface area contributed by atoms with Crippen LogP contribution in [-0.4, -0.2) is 40.9 Å². The normalized spacial score (nSPS) is 44.8. The van der Waals surface area contributed by atoms with E-state index in [1.165, 1.54) is 13.2 Å². The van der Waals surface area contributed by atoms with E-state index in [1.807, 2.05) is 13.0 Å². The number of benzene rings is 1. The summed E-state index contributed by atoms with van der Waals surface area (Å²) in [5.74, 6) is -0.106. The molecule has 6 rings (SSSR count). The van der Waals surface area contributed by atoms with Crippen LogP contribution in [0.2, 0.25) is 0 Å². The van der Waals surface area contributed by atoms with E-state index in [9.17, 15) is 19.1 Å². The van der Waals surface area contributed by atoms with Gasteiger partial charge in [0.05, 0.1) is 19.3 Å². The number of ketones is 1. The monoisotopic (exact) mass is 514 g/mol. The third-order valence-corrected chi connectivity index (χ3v) is 10.3. The van der Waals surface area contributed by atoms with Crippen LogP contribution in [0, 0.1) is 34.4 Å². The van der Waals surface area contributed by atoms with Crippen molar-refractivity contribution in [3.8, 4) is 5.75 Å². The van der Waals surface area contributed by atoms with Gasteiger partial charge < -0.3 is 19.3 Å². The number of hydrogen-bond donors (Lipinski definition) is 2. The largest absolute Gasteiger partial charge is 0.497 e. The van der Waals surface area contributed by atoms with Gasteiger partial charge in [-0.1, -0.05) is 25.5 Å². The van der Waals surface area contributed by atoms with Crippen molar-refractivity contribution in [3.63, 3.8) is 0 Å². The van der Waals surface area contributed by atoms with Gasteiger partial charge in [-0.3, -0.25) is 9.59 Å². The summed E-state index contributed by atoms with van der Waals surface area (Å²) in [5, 5.41) is 11.2. The zero-order valence-electron chi connectivity index (χ0n) is 20.6. The van der Waals surface area contributed by atoms with E-state index in [1.54, 1.807) is 24.3 Å². The van der Waals surface area contributed by atoms with Gasteiger partial charge in [0.2, 0.25) is 5.12 Å². The summed E-state index contributed by atoms with van der Waals surface area (Å²) < 4.78 is 32.7. The van der Waals surface area contributed by atoms with Gasteiger partial charge in [0.1, 0.15) is 11.6 Å². The van der Waals surface area contributed by atoms with Crippen molar-refractivity contribution in [1.82, 2.24) is 0 Å². The third-order valence-electron chi connectivity index (χ3n) is 10.0. The predicted octanol–water partition coefficient (Wildman–Crippen LogP) is 4.33. The number of thiol groups is 1. The second kappa shape index (κ2) is 8.00. The summed E-state index contributed by atoms with van der Waals surface area (Å²) in [6.45, 7) is 4.10. The number of rotatable bonds is 3. The van der Waals surface area contributed by atoms with Crippen molar-refractivity contribution in [2.75, 3.05) is 7.11 Å². The topological polar surface area (TPSA) is 82.1 Å². The zero-order chi connectivity index (χ0) is 25.6. The average Bonchev–Trinajstić information content (AvgIpc) is 3.32. The smallest absolute Gasteiger partial charge is 0.221 e. The fourth-order valence-corrected chi connectivity index (χ4v) is 8.85. The van der Waals surface area contributed by atoms with Crippen molar-refractivity contribution < 1.29 is 33.3 Å². The van der Waals surface area contributed by atoms with Gasteiger partial charge in [0.25, 0.3) is 0 Å². The summed E-state index contributed by atoms with van der Waals surface area (Å²) in [7, 11) is 1.46. The molecule has 3 saturated carbocycles. The molecule has 0 amide bonds. The van der Waals surface area contributed by atoms with E-state index >= 15 is 0 Å². The second-order valence-electron chi connectivity index (χ2n) is 11.5. The van der Waals surface area contributed by atoms with Crippen LogP contribution >= 0.6 is 12.6 Å². The highest BCUT2D eigenvalue weighted by molar-refractivity contribution is 7.96. The Balaban J connectivity index is 1.37. The molecule has 4 aliphatic carbocycles. The van der Waals surface area contributed by atoms with E-state index in [0.29, 0.717) is 18.6 Å². The number of carbonyl (C=O) groups is 2. The molecule has 1 aromatic rings. The van der Waals surface area contributed by atoms with Crippen LogP contribution < -0.4 is 4.74 Å². The highest BCUT2D eigenvalue weighted by atomic mass is 32.1. The van der Waals surface area contributed by atoms with Gasteiger partial charge in [-0.15, -0.1) is 12.6 Å². The SMILES string of the molecule is COc1ccc([C@H]2O[C@@H]3C[C@H]4[C@@H]5CCC6=CC(=O)C=C[C@]6(C)[C@H]5[C@@H](O)C[C@]4(C)[C@]3(C(=O)S)O2)c(F)c1. The van der Waals surface area contributed by atoms with Gasteiger partial charge in [-0.25, -0.2) is 4.39 Å². The number of methoxy groups -OCH3 is 1. The number of fused-ring (bicyclic) bond motifs is 7. The Labute approximate surface area is 215 Å². The first-order valence-corrected chi connectivity index (χ1v) is 13.0. The molecule has 0 spiro atoms. The number of hydrogen-bond acceptors (Lipinski definition) is 6. The lowest BCUT2D eigenvalue weighted by Gasteiger charge is -2.59. The Hall–Kier alpha value is -2.00. The predicted molar refractivity (Wildman–Crippen MR) is 132 cm³/mol. The Morgan fingerprint density at radius 2 is 2.08 bits per heavy atom. The Kier molecular flexibility index (Phi) is 5.41. The molecule has 9 atom stereocenters. The standard InChI is InChI=1S/C28H31FO6S/c1-26-9-8-15(30)10-14(26)4-6-17-19-12-22-28(25(32)36,27(19,2)13-21(31)23(17)26)35-24(34-22)18-7-5-16(33-3)11-20(18)29/h5,7-11,17,19,21-24,31H,4,6,12-13H2,1-3H3,(H,32,36)/t17-,19-,21-,22+,23+,24-,26-,27-,28-/m0/s1. The lowest BCUT2D eigenvalue weighted by atomic mass is 9.46. The molecule has 36 heavy (non-hydrogen) atoms. The van der Waals surface area contributed by atoms with Crippen molar-refractivity contribution in [1.29, 1.82) is 0 Å². The minimum Gasteiger partial charge on any atom is -0.497 e. The number of ether oxygens (including phenoxy) is 3. The fourth-order valence-electron chi connectivity index (χ4n) is 8.40. The zero-order valence-corrected chi connectivity index (χ0v) is 21.5. The third kappa shape index (κ3) is 3.01. The first kappa shape index (κ1) is 24.3. The molecule has 1 saturated heterocycles. The van der Waals surface area contributed by atoms with Crippen molar-refractivity contribution in [2.24, 2.45) is 28.6 Å². The number of allylic oxidation sites excluding steroid dienone is 4. The summed E-state index contributed by atoms with van der Waals surface area (Å²) >= 11 is 4.29. The molecule has 8 heteroatoms. The Bertz CT molecular complexity index is 1210. The summed E-state index contributed by atoms with van der Waals surface area (Å²) in [6, 6.07) is 4.44. The highest BCUT2D eigenvalue weighted by Crippen LogP contribution is 2.70. The van der Waals surface area contributed by atoms with Gasteiger partial charge in [-0.05, 0) is 61.8 Å². The minimum absolute atomic E-state index is 0.00955. The van der Waals surface area contributed by atoms with Crippen LogP contribution in [0.5, 0.6) is 5.75 Å². The van der Waals surface area contributed by atoms with Crippen LogP contribution in [0.3, 0.4) is 0 Å². The summed E-state index contributed by atoms with van der Waals surface area (Å²) in [5.41, 5.74) is -1.30. The van der Waals surface area contributed by atoms with Crippen LogP contribution in [0.4, 0.5) is 4.39 Å². The van der Waals surface area contributed by atoms with Crippen LogP contribution in [-0.2, 0) is 19.1 Å². The molecule has 1 N–H and O–H groups in total. The molecule has 4 fully saturated rings. The van der Waals surface area contributed by atoms with Gasteiger partial charge >= 0.3 is 0 Å². The maximum absolute atomic E-state index is 14.9. The lowest BCUT2D eigenvalue weighted by Crippen LogP contribution is -2.62. The van der Waals surface area contributed by atoms with Crippen molar-refractivity contribution in [2.45, 2.75) is 63.6 Å². The molecular formula is C28H31FO6S. The van der Waals surface area contributed by atoms with Gasteiger partial charge in [0, 0.05) is 28.4 Å². The molecule has 1 aliphatic heterocycles. The Morgan fingerprint density at radius 3 is 2.78 bits per heavy atom. The molecule has 5 aliphatic rings. The average molecular weight is 515 g/mol. The minimum atomic E-state index is -1.40. The molecule has 1 aromatic carbocycles. The number of carbonyl (C=O) groups excluding carboxylic acids is 2. The van der Waals surface area contributed by atoms with E-state index < -0.39 is 45.9 Å². The Morgan fingerprint density at radius 1 is 1.31 bits per heavy atom. The van der Waals surface area contributed by atoms with E-state index in [2.05, 4.69) is 19.6 Å². The van der Waals surface area contributed by atoms with E-state index in [-0.39, 0.29) is 29.1 Å². The number of aliphatic hydroxyl groups excluding tert-OH is 1. The van der Waals surface area contributed by atoms with Gasteiger partial charge in [0.15, 0.2) is 17.7 Å². The highest BCUT2D eigenvalue weighted by Gasteiger charge is 2.75. The van der Waals surface area contributed by atoms with Crippen LogP contribution in [0.25, 0.3) is 0 Å². The van der Waals surface area contributed by atoms with Crippen molar-refractivity contribution in [3.05, 3.63) is 53.4 Å². The summed E-state index contributed by atoms with van der Waals surface area (Å²) in [4.78, 5) is 25.3. The molecule has 192 valence electrons. The quantitative estimate of drug-likeness (QED) is 0.585. The maximum atomic E-state index is 14.9. The molecule has 0 unspecified atom stereocenters. The molecule has 0 aromatic heterocycles. The first-order valence-electron chi connectivity index (χ1n) is 12.6. The number of halogens is 1. The summed E-state index contributed by atoms with van der Waals surface area (Å²) in [6.07, 6.45) is 5.36. The molecular weight excluding hydrogens is 483 g/mol. The van der Waals surface area contributed by atoms with Crippen molar-refractivity contribution >= 4 is 23.5 Å². The second-order valence-corrected chi connectivity index (χ2v) is 11.9. The molecule has 1 heterocycles. The van der Waals surface area contributed by atoms with E-state index in [4.69, 9.17) is 14.2 Å². The number of aliphatic hydroxyl groups is 1. The molecule has 6 nitrogen and oxygen atoms in total. The van der Waals surface area contributed by atoms with Crippen LogP contribution in [0.15, 0.2) is 42.0 Å². The molecule has 0 radical (unpaired) electrons. The molecule has 0 bridgehead atoms. The van der Waals surface area contributed by atoms with Crippen LogP contribution in [0.1, 0.15) is 51.4 Å². The maximum Gasteiger partial charge on any atom is 0.221 e. The lowest BCUT2D eigenvalue weighted by molar-refractivity contribution is -0.195. The fraction of sp³-hybridized carbons (Fsp3) is 0.571.